The molecule has 0 spiro atoms. The maximum absolute atomic E-state index is 5.77. The zero-order chi connectivity index (χ0) is 13.5. The molecular formula is C17H21NO. The van der Waals surface area contributed by atoms with Gasteiger partial charge in [0.15, 0.2) is 0 Å². The van der Waals surface area contributed by atoms with E-state index < -0.39 is 0 Å². The molecule has 0 aliphatic carbocycles. The van der Waals surface area contributed by atoms with Crippen molar-refractivity contribution in [2.75, 3.05) is 6.54 Å². The first-order valence-corrected chi connectivity index (χ1v) is 6.75. The lowest BCUT2D eigenvalue weighted by Gasteiger charge is -2.07. The Bertz CT molecular complexity index is 488. The summed E-state index contributed by atoms with van der Waals surface area (Å²) in [7, 11) is 0. The Kier molecular flexibility index (Phi) is 4.99. The van der Waals surface area contributed by atoms with Crippen LogP contribution in [0, 0.1) is 6.92 Å². The van der Waals surface area contributed by atoms with E-state index in [0.717, 1.165) is 25.1 Å². The van der Waals surface area contributed by atoms with Crippen LogP contribution in [0.2, 0.25) is 0 Å². The summed E-state index contributed by atoms with van der Waals surface area (Å²) in [4.78, 5) is 0. The van der Waals surface area contributed by atoms with Gasteiger partial charge < -0.3 is 10.5 Å². The molecule has 2 aromatic rings. The topological polar surface area (TPSA) is 35.2 Å². The highest BCUT2D eigenvalue weighted by atomic mass is 16.5. The zero-order valence-electron chi connectivity index (χ0n) is 11.4. The molecule has 0 atom stereocenters. The molecule has 2 nitrogen and oxygen atoms in total. The summed E-state index contributed by atoms with van der Waals surface area (Å²) < 4.78 is 5.77. The Balaban J connectivity index is 1.87. The fraction of sp³-hybridized carbons (Fsp3) is 0.294. The lowest BCUT2D eigenvalue weighted by Crippen LogP contribution is -2.00. The molecule has 2 aromatic carbocycles. The Morgan fingerprint density at radius 3 is 2.16 bits per heavy atom. The summed E-state index contributed by atoms with van der Waals surface area (Å²) in [6, 6.07) is 16.7. The van der Waals surface area contributed by atoms with Crippen molar-refractivity contribution in [1.29, 1.82) is 0 Å². The van der Waals surface area contributed by atoms with Crippen LogP contribution in [0.4, 0.5) is 0 Å². The van der Waals surface area contributed by atoms with Crippen LogP contribution < -0.4 is 10.5 Å². The molecule has 0 aliphatic rings. The van der Waals surface area contributed by atoms with E-state index in [1.54, 1.807) is 0 Å². The summed E-state index contributed by atoms with van der Waals surface area (Å²) in [6.45, 7) is 3.44. The molecule has 100 valence electrons. The van der Waals surface area contributed by atoms with E-state index in [1.807, 2.05) is 12.1 Å². The number of hydrogen-bond acceptors (Lipinski definition) is 2. The lowest BCUT2D eigenvalue weighted by atomic mass is 10.1. The minimum atomic E-state index is 0.614. The highest BCUT2D eigenvalue weighted by molar-refractivity contribution is 5.28. The molecule has 0 unspecified atom stereocenters. The number of aryl methyl sites for hydroxylation is 2. The SMILES string of the molecule is Cc1ccc(COc2ccc(CCCN)cc2)cc1. The van der Waals surface area contributed by atoms with Crippen molar-refractivity contribution in [1.82, 2.24) is 0 Å². The predicted molar refractivity (Wildman–Crippen MR) is 79.3 cm³/mol. The molecule has 0 amide bonds. The van der Waals surface area contributed by atoms with Crippen molar-refractivity contribution < 1.29 is 4.74 Å². The number of ether oxygens (including phenoxy) is 1. The molecule has 2 rings (SSSR count). The summed E-state index contributed by atoms with van der Waals surface area (Å²) in [6.07, 6.45) is 2.07. The Morgan fingerprint density at radius 1 is 0.895 bits per heavy atom. The summed E-state index contributed by atoms with van der Waals surface area (Å²) >= 11 is 0. The Morgan fingerprint density at radius 2 is 1.53 bits per heavy atom. The molecule has 0 bridgehead atoms. The average Bonchev–Trinajstić information content (AvgIpc) is 2.46. The van der Waals surface area contributed by atoms with Gasteiger partial charge in [0, 0.05) is 0 Å². The van der Waals surface area contributed by atoms with Gasteiger partial charge in [0.1, 0.15) is 12.4 Å². The van der Waals surface area contributed by atoms with Crippen LogP contribution >= 0.6 is 0 Å². The third kappa shape index (κ3) is 4.42. The van der Waals surface area contributed by atoms with Crippen molar-refractivity contribution in [2.45, 2.75) is 26.4 Å². The fourth-order valence-electron chi connectivity index (χ4n) is 1.91. The Labute approximate surface area is 115 Å². The first kappa shape index (κ1) is 13.6. The van der Waals surface area contributed by atoms with E-state index in [0.29, 0.717) is 6.61 Å². The molecule has 0 saturated carbocycles. The van der Waals surface area contributed by atoms with Gasteiger partial charge in [-0.05, 0) is 49.6 Å². The predicted octanol–water partition coefficient (Wildman–Crippen LogP) is 3.47. The molecular weight excluding hydrogens is 234 g/mol. The number of benzene rings is 2. The fourth-order valence-corrected chi connectivity index (χ4v) is 1.91. The maximum Gasteiger partial charge on any atom is 0.119 e. The van der Waals surface area contributed by atoms with Gasteiger partial charge in [0.25, 0.3) is 0 Å². The van der Waals surface area contributed by atoms with E-state index in [1.165, 1.54) is 16.7 Å². The van der Waals surface area contributed by atoms with E-state index in [4.69, 9.17) is 10.5 Å². The normalized spacial score (nSPS) is 10.4. The lowest BCUT2D eigenvalue weighted by molar-refractivity contribution is 0.306. The minimum Gasteiger partial charge on any atom is -0.489 e. The number of nitrogens with two attached hydrogens (primary N) is 1. The third-order valence-corrected chi connectivity index (χ3v) is 3.12. The third-order valence-electron chi connectivity index (χ3n) is 3.12. The zero-order valence-corrected chi connectivity index (χ0v) is 11.4. The molecule has 0 aromatic heterocycles. The van der Waals surface area contributed by atoms with E-state index >= 15 is 0 Å². The first-order valence-electron chi connectivity index (χ1n) is 6.75. The van der Waals surface area contributed by atoms with Gasteiger partial charge >= 0.3 is 0 Å². The summed E-state index contributed by atoms with van der Waals surface area (Å²) in [5, 5.41) is 0. The second-order valence-corrected chi connectivity index (χ2v) is 4.81. The second-order valence-electron chi connectivity index (χ2n) is 4.81. The van der Waals surface area contributed by atoms with Crippen LogP contribution in [0.3, 0.4) is 0 Å². The van der Waals surface area contributed by atoms with Gasteiger partial charge in [-0.1, -0.05) is 42.0 Å². The molecule has 0 saturated heterocycles. The number of hydrogen-bond donors (Lipinski definition) is 1. The highest BCUT2D eigenvalue weighted by Gasteiger charge is 1.97. The van der Waals surface area contributed by atoms with Gasteiger partial charge in [-0.3, -0.25) is 0 Å². The quantitative estimate of drug-likeness (QED) is 0.858. The molecule has 0 aliphatic heterocycles. The minimum absolute atomic E-state index is 0.614. The number of rotatable bonds is 6. The van der Waals surface area contributed by atoms with E-state index in [-0.39, 0.29) is 0 Å². The van der Waals surface area contributed by atoms with Crippen molar-refractivity contribution in [2.24, 2.45) is 5.73 Å². The monoisotopic (exact) mass is 255 g/mol. The summed E-state index contributed by atoms with van der Waals surface area (Å²) in [5.74, 6) is 0.914. The highest BCUT2D eigenvalue weighted by Crippen LogP contribution is 2.15. The smallest absolute Gasteiger partial charge is 0.119 e. The van der Waals surface area contributed by atoms with Crippen molar-refractivity contribution in [3.05, 3.63) is 65.2 Å². The van der Waals surface area contributed by atoms with Crippen molar-refractivity contribution in [3.63, 3.8) is 0 Å². The average molecular weight is 255 g/mol. The second kappa shape index (κ2) is 6.95. The van der Waals surface area contributed by atoms with Crippen LogP contribution in [0.1, 0.15) is 23.1 Å². The molecule has 2 N–H and O–H groups in total. The van der Waals surface area contributed by atoms with E-state index in [2.05, 4.69) is 43.3 Å². The van der Waals surface area contributed by atoms with Gasteiger partial charge in [-0.25, -0.2) is 0 Å². The van der Waals surface area contributed by atoms with Crippen LogP contribution in [-0.2, 0) is 13.0 Å². The van der Waals surface area contributed by atoms with Gasteiger partial charge in [0.2, 0.25) is 0 Å². The molecule has 19 heavy (non-hydrogen) atoms. The van der Waals surface area contributed by atoms with Crippen LogP contribution in [0.15, 0.2) is 48.5 Å². The van der Waals surface area contributed by atoms with Gasteiger partial charge in [-0.2, -0.15) is 0 Å². The largest absolute Gasteiger partial charge is 0.489 e. The molecule has 0 fully saturated rings. The standard InChI is InChI=1S/C17H21NO/c1-14-4-6-16(7-5-14)13-19-17-10-8-15(9-11-17)3-2-12-18/h4-11H,2-3,12-13,18H2,1H3. The van der Waals surface area contributed by atoms with Crippen LogP contribution in [-0.4, -0.2) is 6.54 Å². The molecule has 2 heteroatoms. The van der Waals surface area contributed by atoms with Gasteiger partial charge in [0.05, 0.1) is 0 Å². The van der Waals surface area contributed by atoms with Crippen molar-refractivity contribution in [3.8, 4) is 5.75 Å². The van der Waals surface area contributed by atoms with E-state index in [9.17, 15) is 0 Å². The first-order chi connectivity index (χ1) is 9.28. The Hall–Kier alpha value is -1.80. The maximum atomic E-state index is 5.77. The molecule has 0 heterocycles. The van der Waals surface area contributed by atoms with Gasteiger partial charge in [-0.15, -0.1) is 0 Å². The van der Waals surface area contributed by atoms with Crippen LogP contribution in [0.5, 0.6) is 5.75 Å². The van der Waals surface area contributed by atoms with Crippen LogP contribution in [0.25, 0.3) is 0 Å². The summed E-state index contributed by atoms with van der Waals surface area (Å²) in [5.41, 5.74) is 9.28. The molecule has 0 radical (unpaired) electrons. The van der Waals surface area contributed by atoms with Crippen molar-refractivity contribution >= 4 is 0 Å².